The largest absolute Gasteiger partial charge is 0.378 e. The van der Waals surface area contributed by atoms with E-state index in [2.05, 4.69) is 15.1 Å². The molecule has 1 aromatic carbocycles. The van der Waals surface area contributed by atoms with Gasteiger partial charge in [-0.2, -0.15) is 15.0 Å². The molecule has 1 aromatic heterocycles. The second-order valence-corrected chi connectivity index (χ2v) is 7.01. The topological polar surface area (TPSA) is 54.3 Å². The molecule has 6 heteroatoms. The van der Waals surface area contributed by atoms with Gasteiger partial charge in [-0.1, -0.05) is 0 Å². The molecule has 1 amide bonds. The van der Waals surface area contributed by atoms with Gasteiger partial charge in [0.15, 0.2) is 0 Å². The molecule has 126 valence electrons. The molecule has 2 saturated heterocycles. The summed E-state index contributed by atoms with van der Waals surface area (Å²) in [6.07, 6.45) is 7.53. The van der Waals surface area contributed by atoms with Crippen molar-refractivity contribution in [3.8, 4) is 0 Å². The molecule has 0 aliphatic carbocycles. The zero-order valence-corrected chi connectivity index (χ0v) is 14.2. The third kappa shape index (κ3) is 2.56. The molecular weight excluding hydrogens is 302 g/mol. The number of benzene rings is 1. The fourth-order valence-corrected chi connectivity index (χ4v) is 4.13. The fourth-order valence-electron chi connectivity index (χ4n) is 4.13. The molecule has 0 radical (unpaired) electrons. The summed E-state index contributed by atoms with van der Waals surface area (Å²) in [6, 6.07) is 8.83. The first-order valence-electron chi connectivity index (χ1n) is 8.59. The Bertz CT molecular complexity index is 696. The van der Waals surface area contributed by atoms with Crippen LogP contribution < -0.4 is 4.90 Å². The molecule has 2 unspecified atom stereocenters. The average Bonchev–Trinajstić information content (AvgIpc) is 3.21. The first kappa shape index (κ1) is 15.2. The predicted octanol–water partition coefficient (Wildman–Crippen LogP) is 2.35. The van der Waals surface area contributed by atoms with Crippen LogP contribution in [0.25, 0.3) is 0 Å². The minimum atomic E-state index is 0.166. The van der Waals surface area contributed by atoms with Crippen molar-refractivity contribution in [3.63, 3.8) is 0 Å². The lowest BCUT2D eigenvalue weighted by Gasteiger charge is -2.38. The van der Waals surface area contributed by atoms with Crippen molar-refractivity contribution in [3.05, 3.63) is 42.2 Å². The minimum absolute atomic E-state index is 0.166. The number of carbonyl (C=O) groups is 1. The number of nitrogens with zero attached hydrogens (tertiary/aromatic N) is 5. The van der Waals surface area contributed by atoms with Crippen molar-refractivity contribution < 1.29 is 4.79 Å². The number of carbonyl (C=O) groups excluding carboxylic acids is 1. The maximum absolute atomic E-state index is 13.0. The summed E-state index contributed by atoms with van der Waals surface area (Å²) in [4.78, 5) is 19.0. The molecule has 0 N–H and O–H groups in total. The molecule has 0 saturated carbocycles. The Hall–Kier alpha value is -2.37. The van der Waals surface area contributed by atoms with E-state index >= 15 is 0 Å². The maximum Gasteiger partial charge on any atom is 0.254 e. The highest BCUT2D eigenvalue weighted by atomic mass is 16.2. The number of piperidine rings is 1. The zero-order chi connectivity index (χ0) is 16.7. The minimum Gasteiger partial charge on any atom is -0.378 e. The van der Waals surface area contributed by atoms with Crippen LogP contribution >= 0.6 is 0 Å². The van der Waals surface area contributed by atoms with Gasteiger partial charge in [0.2, 0.25) is 0 Å². The molecule has 6 nitrogen and oxygen atoms in total. The van der Waals surface area contributed by atoms with Gasteiger partial charge in [-0.25, -0.2) is 0 Å². The molecule has 4 rings (SSSR count). The summed E-state index contributed by atoms with van der Waals surface area (Å²) in [7, 11) is 4.01. The van der Waals surface area contributed by atoms with Gasteiger partial charge < -0.3 is 9.80 Å². The van der Waals surface area contributed by atoms with E-state index in [1.807, 2.05) is 48.1 Å². The SMILES string of the molecule is CN(C)c1ccc(C(=O)N2C3CCC2CC(n2nccn2)C3)cc1. The standard InChI is InChI=1S/C18H23N5O/c1-21(2)14-5-3-13(4-6-14)18(24)22-15-7-8-16(22)12-17(11-15)23-19-9-10-20-23/h3-6,9-10,15-17H,7-8,11-12H2,1-2H3. The van der Waals surface area contributed by atoms with E-state index in [9.17, 15) is 4.79 Å². The summed E-state index contributed by atoms with van der Waals surface area (Å²) in [6.45, 7) is 0. The third-order valence-electron chi connectivity index (χ3n) is 5.34. The van der Waals surface area contributed by atoms with Crippen LogP contribution in [0.2, 0.25) is 0 Å². The summed E-state index contributed by atoms with van der Waals surface area (Å²) in [5, 5.41) is 8.58. The van der Waals surface area contributed by atoms with E-state index in [0.29, 0.717) is 18.1 Å². The van der Waals surface area contributed by atoms with Crippen LogP contribution in [-0.2, 0) is 0 Å². The van der Waals surface area contributed by atoms with E-state index in [-0.39, 0.29) is 5.91 Å². The molecule has 2 aliphatic rings. The number of amides is 1. The van der Waals surface area contributed by atoms with E-state index in [4.69, 9.17) is 0 Å². The van der Waals surface area contributed by atoms with Gasteiger partial charge in [0.1, 0.15) is 0 Å². The predicted molar refractivity (Wildman–Crippen MR) is 92.0 cm³/mol. The number of fused-ring (bicyclic) bond motifs is 2. The second-order valence-electron chi connectivity index (χ2n) is 7.01. The quantitative estimate of drug-likeness (QED) is 0.869. The molecule has 2 aromatic rings. The highest BCUT2D eigenvalue weighted by molar-refractivity contribution is 5.95. The Kier molecular flexibility index (Phi) is 3.75. The third-order valence-corrected chi connectivity index (χ3v) is 5.34. The van der Waals surface area contributed by atoms with Crippen molar-refractivity contribution in [1.82, 2.24) is 19.9 Å². The van der Waals surface area contributed by atoms with Crippen LogP contribution in [0, 0.1) is 0 Å². The van der Waals surface area contributed by atoms with Gasteiger partial charge in [0.25, 0.3) is 5.91 Å². The summed E-state index contributed by atoms with van der Waals surface area (Å²) >= 11 is 0. The molecular formula is C18H23N5O. The lowest BCUT2D eigenvalue weighted by molar-refractivity contribution is 0.0512. The molecule has 2 bridgehead atoms. The Morgan fingerprint density at radius 2 is 1.58 bits per heavy atom. The van der Waals surface area contributed by atoms with Gasteiger partial charge in [-0.05, 0) is 49.9 Å². The second kappa shape index (κ2) is 5.92. The number of aromatic nitrogens is 3. The maximum atomic E-state index is 13.0. The van der Waals surface area contributed by atoms with Crippen LogP contribution in [0.3, 0.4) is 0 Å². The van der Waals surface area contributed by atoms with Gasteiger partial charge in [-0.3, -0.25) is 4.79 Å². The Morgan fingerprint density at radius 3 is 2.12 bits per heavy atom. The van der Waals surface area contributed by atoms with Gasteiger partial charge in [0.05, 0.1) is 18.4 Å². The molecule has 2 fully saturated rings. The Labute approximate surface area is 142 Å². The van der Waals surface area contributed by atoms with Crippen molar-refractivity contribution >= 4 is 11.6 Å². The van der Waals surface area contributed by atoms with Crippen molar-refractivity contribution in [2.24, 2.45) is 0 Å². The highest BCUT2D eigenvalue weighted by Crippen LogP contribution is 2.41. The molecule has 3 heterocycles. The van der Waals surface area contributed by atoms with Crippen LogP contribution in [-0.4, -0.2) is 52.0 Å². The van der Waals surface area contributed by atoms with Crippen molar-refractivity contribution in [2.75, 3.05) is 19.0 Å². The van der Waals surface area contributed by atoms with Crippen LogP contribution in [0.4, 0.5) is 5.69 Å². The first-order valence-corrected chi connectivity index (χ1v) is 8.59. The number of rotatable bonds is 3. The van der Waals surface area contributed by atoms with Crippen LogP contribution in [0.1, 0.15) is 42.1 Å². The van der Waals surface area contributed by atoms with Crippen molar-refractivity contribution in [1.29, 1.82) is 0 Å². The zero-order valence-electron chi connectivity index (χ0n) is 14.2. The normalized spacial score (nSPS) is 25.8. The highest BCUT2D eigenvalue weighted by Gasteiger charge is 2.44. The van der Waals surface area contributed by atoms with E-state index in [1.54, 1.807) is 12.4 Å². The Balaban J connectivity index is 1.52. The number of anilines is 1. The number of hydrogen-bond acceptors (Lipinski definition) is 4. The monoisotopic (exact) mass is 325 g/mol. The molecule has 2 atom stereocenters. The van der Waals surface area contributed by atoms with Crippen LogP contribution in [0.15, 0.2) is 36.7 Å². The first-order chi connectivity index (χ1) is 11.6. The fraction of sp³-hybridized carbons (Fsp3) is 0.500. The average molecular weight is 325 g/mol. The smallest absolute Gasteiger partial charge is 0.254 e. The summed E-state index contributed by atoms with van der Waals surface area (Å²) in [5.41, 5.74) is 1.89. The molecule has 24 heavy (non-hydrogen) atoms. The number of hydrogen-bond donors (Lipinski definition) is 0. The van der Waals surface area contributed by atoms with Crippen LogP contribution in [0.5, 0.6) is 0 Å². The molecule has 2 aliphatic heterocycles. The van der Waals surface area contributed by atoms with E-state index in [1.165, 1.54) is 0 Å². The van der Waals surface area contributed by atoms with E-state index < -0.39 is 0 Å². The lowest BCUT2D eigenvalue weighted by atomic mass is 9.96. The van der Waals surface area contributed by atoms with Gasteiger partial charge >= 0.3 is 0 Å². The van der Waals surface area contributed by atoms with Gasteiger partial charge in [0, 0.05) is 37.4 Å². The lowest BCUT2D eigenvalue weighted by Crippen LogP contribution is -2.47. The van der Waals surface area contributed by atoms with Gasteiger partial charge in [-0.15, -0.1) is 0 Å². The Morgan fingerprint density at radius 1 is 1.00 bits per heavy atom. The molecule has 0 spiro atoms. The summed E-state index contributed by atoms with van der Waals surface area (Å²) < 4.78 is 0. The van der Waals surface area contributed by atoms with E-state index in [0.717, 1.165) is 36.9 Å². The summed E-state index contributed by atoms with van der Waals surface area (Å²) in [5.74, 6) is 0.166. The van der Waals surface area contributed by atoms with Crippen molar-refractivity contribution in [2.45, 2.75) is 43.8 Å².